The minimum Gasteiger partial charge on any atom is -0.341 e. The lowest BCUT2D eigenvalue weighted by Gasteiger charge is -2.25. The van der Waals surface area contributed by atoms with Crippen molar-refractivity contribution in [3.63, 3.8) is 0 Å². The van der Waals surface area contributed by atoms with Gasteiger partial charge in [0.25, 0.3) is 0 Å². The first-order chi connectivity index (χ1) is 16.0. The van der Waals surface area contributed by atoms with E-state index in [-0.39, 0.29) is 17.8 Å². The van der Waals surface area contributed by atoms with Crippen LogP contribution in [0.4, 0.5) is 4.39 Å². The number of carbonyl (C=O) groups excluding carboxylic acids is 1. The topological polar surface area (TPSA) is 93.8 Å². The molecular formula is C24H26FN7O. The summed E-state index contributed by atoms with van der Waals surface area (Å²) in [6, 6.07) is 14.1. The Morgan fingerprint density at radius 2 is 1.97 bits per heavy atom. The van der Waals surface area contributed by atoms with Gasteiger partial charge in [-0.2, -0.15) is 5.10 Å². The summed E-state index contributed by atoms with van der Waals surface area (Å²) < 4.78 is 13.1. The van der Waals surface area contributed by atoms with Gasteiger partial charge in [0.1, 0.15) is 17.5 Å². The van der Waals surface area contributed by atoms with Crippen LogP contribution in [0, 0.1) is 5.82 Å². The van der Waals surface area contributed by atoms with Crippen LogP contribution in [0.3, 0.4) is 0 Å². The molecule has 2 aromatic carbocycles. The molecule has 0 saturated carbocycles. The van der Waals surface area contributed by atoms with E-state index in [4.69, 9.17) is 0 Å². The number of benzene rings is 2. The van der Waals surface area contributed by atoms with Crippen molar-refractivity contribution in [2.75, 3.05) is 20.1 Å². The fourth-order valence-corrected chi connectivity index (χ4v) is 4.38. The summed E-state index contributed by atoms with van der Waals surface area (Å²) in [6.45, 7) is 1.55. The van der Waals surface area contributed by atoms with Crippen LogP contribution in [-0.4, -0.2) is 61.0 Å². The van der Waals surface area contributed by atoms with Crippen LogP contribution in [0.15, 0.2) is 48.5 Å². The maximum atomic E-state index is 13.1. The monoisotopic (exact) mass is 447 g/mol. The second kappa shape index (κ2) is 9.11. The number of likely N-dealkylation sites (tertiary alicyclic amines) is 1. The molecule has 1 aliphatic rings. The van der Waals surface area contributed by atoms with Crippen molar-refractivity contribution in [1.29, 1.82) is 0 Å². The van der Waals surface area contributed by atoms with Crippen molar-refractivity contribution in [2.45, 2.75) is 31.8 Å². The average Bonchev–Trinajstić information content (AvgIpc) is 3.54. The highest BCUT2D eigenvalue weighted by molar-refractivity contribution is 5.79. The van der Waals surface area contributed by atoms with E-state index in [1.807, 2.05) is 41.1 Å². The molecule has 170 valence electrons. The van der Waals surface area contributed by atoms with Gasteiger partial charge >= 0.3 is 0 Å². The highest BCUT2D eigenvalue weighted by atomic mass is 19.1. The fraction of sp³-hybridized carbons (Fsp3) is 0.333. The maximum absolute atomic E-state index is 13.1. The quantitative estimate of drug-likeness (QED) is 0.454. The van der Waals surface area contributed by atoms with Gasteiger partial charge in [-0.15, -0.1) is 0 Å². The summed E-state index contributed by atoms with van der Waals surface area (Å²) in [5.74, 6) is 1.98. The fourth-order valence-electron chi connectivity index (χ4n) is 4.38. The average molecular weight is 448 g/mol. The van der Waals surface area contributed by atoms with Crippen LogP contribution in [0.2, 0.25) is 0 Å². The Labute approximate surface area is 190 Å². The molecule has 0 radical (unpaired) electrons. The molecule has 1 saturated heterocycles. The van der Waals surface area contributed by atoms with E-state index in [1.54, 1.807) is 12.1 Å². The first-order valence-corrected chi connectivity index (χ1v) is 11.1. The summed E-state index contributed by atoms with van der Waals surface area (Å²) >= 11 is 0. The Morgan fingerprint density at radius 1 is 1.15 bits per heavy atom. The molecule has 9 heteroatoms. The zero-order chi connectivity index (χ0) is 22.8. The Kier molecular flexibility index (Phi) is 5.87. The number of fused-ring (bicyclic) bond motifs is 1. The third kappa shape index (κ3) is 4.78. The molecular weight excluding hydrogens is 421 g/mol. The lowest BCUT2D eigenvalue weighted by molar-refractivity contribution is -0.133. The number of nitrogens with zero attached hydrogens (tertiary/aromatic N) is 5. The Balaban J connectivity index is 1.21. The van der Waals surface area contributed by atoms with Gasteiger partial charge < -0.3 is 9.88 Å². The molecule has 0 bridgehead atoms. The molecule has 1 unspecified atom stereocenters. The van der Waals surface area contributed by atoms with Crippen LogP contribution >= 0.6 is 0 Å². The maximum Gasteiger partial charge on any atom is 0.237 e. The number of aromatic amines is 2. The largest absolute Gasteiger partial charge is 0.341 e. The van der Waals surface area contributed by atoms with Gasteiger partial charge in [0.2, 0.25) is 5.91 Å². The molecule has 0 aliphatic carbocycles. The molecule has 33 heavy (non-hydrogen) atoms. The number of imidazole rings is 1. The zero-order valence-corrected chi connectivity index (χ0v) is 18.5. The van der Waals surface area contributed by atoms with E-state index in [0.717, 1.165) is 35.3 Å². The predicted octanol–water partition coefficient (Wildman–Crippen LogP) is 3.21. The Morgan fingerprint density at radius 3 is 2.79 bits per heavy atom. The lowest BCUT2D eigenvalue weighted by Crippen LogP contribution is -2.38. The number of carbonyl (C=O) groups is 1. The van der Waals surface area contributed by atoms with E-state index in [2.05, 4.69) is 25.1 Å². The van der Waals surface area contributed by atoms with Crippen LogP contribution < -0.4 is 0 Å². The van der Waals surface area contributed by atoms with Crippen molar-refractivity contribution in [3.05, 3.63) is 77.4 Å². The molecule has 1 fully saturated rings. The SMILES string of the molecule is CN(CC(=O)N1CCCC1c1n[nH]c(Cc2ccc(F)cc2)n1)Cc1nc2ccccc2[nH]1. The molecule has 4 aromatic rings. The summed E-state index contributed by atoms with van der Waals surface area (Å²) in [5.41, 5.74) is 2.87. The third-order valence-electron chi connectivity index (χ3n) is 5.97. The summed E-state index contributed by atoms with van der Waals surface area (Å²) in [7, 11) is 1.92. The standard InChI is InChI=1S/C24H26FN7O/c1-31(14-22-26-18-5-2-3-6-19(18)27-22)15-23(33)32-12-4-7-20(32)24-28-21(29-30-24)13-16-8-10-17(25)11-9-16/h2-3,5-6,8-11,20H,4,7,12-15H2,1H3,(H,26,27)(H,28,29,30). The van der Waals surface area contributed by atoms with Gasteiger partial charge in [0.05, 0.1) is 30.2 Å². The first kappa shape index (κ1) is 21.3. The van der Waals surface area contributed by atoms with E-state index in [1.165, 1.54) is 12.1 Å². The number of hydrogen-bond donors (Lipinski definition) is 2. The number of aromatic nitrogens is 5. The van der Waals surface area contributed by atoms with Crippen molar-refractivity contribution >= 4 is 16.9 Å². The number of para-hydroxylation sites is 2. The van der Waals surface area contributed by atoms with Gasteiger partial charge in [-0.1, -0.05) is 24.3 Å². The van der Waals surface area contributed by atoms with Crippen LogP contribution in [-0.2, 0) is 17.8 Å². The number of halogens is 1. The molecule has 2 aromatic heterocycles. The normalized spacial score (nSPS) is 16.2. The van der Waals surface area contributed by atoms with Crippen molar-refractivity contribution in [1.82, 2.24) is 34.9 Å². The van der Waals surface area contributed by atoms with Gasteiger partial charge in [-0.25, -0.2) is 14.4 Å². The van der Waals surface area contributed by atoms with Crippen molar-refractivity contribution in [3.8, 4) is 0 Å². The number of rotatable bonds is 7. The second-order valence-corrected chi connectivity index (χ2v) is 8.56. The van der Waals surface area contributed by atoms with E-state index in [9.17, 15) is 9.18 Å². The van der Waals surface area contributed by atoms with E-state index >= 15 is 0 Å². The second-order valence-electron chi connectivity index (χ2n) is 8.56. The molecule has 1 atom stereocenters. The molecule has 5 rings (SSSR count). The summed E-state index contributed by atoms with van der Waals surface area (Å²) in [4.78, 5) is 29.5. The first-order valence-electron chi connectivity index (χ1n) is 11.1. The number of hydrogen-bond acceptors (Lipinski definition) is 5. The van der Waals surface area contributed by atoms with Crippen LogP contribution in [0.25, 0.3) is 11.0 Å². The van der Waals surface area contributed by atoms with Crippen molar-refractivity contribution < 1.29 is 9.18 Å². The molecule has 1 amide bonds. The molecule has 0 spiro atoms. The Bertz CT molecular complexity index is 1220. The van der Waals surface area contributed by atoms with Gasteiger partial charge in [-0.05, 0) is 49.7 Å². The predicted molar refractivity (Wildman–Crippen MR) is 122 cm³/mol. The van der Waals surface area contributed by atoms with Crippen molar-refractivity contribution in [2.24, 2.45) is 0 Å². The summed E-state index contributed by atoms with van der Waals surface area (Å²) in [5, 5.41) is 7.36. The minimum absolute atomic E-state index is 0.0565. The molecule has 2 N–H and O–H groups in total. The smallest absolute Gasteiger partial charge is 0.237 e. The third-order valence-corrected chi connectivity index (χ3v) is 5.97. The molecule has 8 nitrogen and oxygen atoms in total. The lowest BCUT2D eigenvalue weighted by atomic mass is 10.1. The van der Waals surface area contributed by atoms with Gasteiger partial charge in [0.15, 0.2) is 5.82 Å². The number of H-pyrrole nitrogens is 2. The molecule has 1 aliphatic heterocycles. The van der Waals surface area contributed by atoms with E-state index < -0.39 is 0 Å². The number of nitrogens with one attached hydrogen (secondary N) is 2. The van der Waals surface area contributed by atoms with Crippen LogP contribution in [0.1, 0.15) is 41.9 Å². The minimum atomic E-state index is -0.262. The highest BCUT2D eigenvalue weighted by Gasteiger charge is 2.33. The number of likely N-dealkylation sites (N-methyl/N-ethyl adjacent to an activating group) is 1. The Hall–Kier alpha value is -3.59. The number of amides is 1. The van der Waals surface area contributed by atoms with Gasteiger partial charge in [-0.3, -0.25) is 14.8 Å². The molecule has 3 heterocycles. The van der Waals surface area contributed by atoms with E-state index in [0.29, 0.717) is 37.7 Å². The highest BCUT2D eigenvalue weighted by Crippen LogP contribution is 2.30. The summed E-state index contributed by atoms with van der Waals surface area (Å²) in [6.07, 6.45) is 2.30. The van der Waals surface area contributed by atoms with Gasteiger partial charge in [0, 0.05) is 13.0 Å². The van der Waals surface area contributed by atoms with Crippen LogP contribution in [0.5, 0.6) is 0 Å². The zero-order valence-electron chi connectivity index (χ0n) is 18.5.